The number of carboxylic acids is 1. The number of thioether (sulfide) groups is 2. The molecule has 11 nitrogen and oxygen atoms in total. The molecule has 2 aliphatic rings. The number of tetrazole rings is 1. The van der Waals surface area contributed by atoms with Crippen LogP contribution in [0.3, 0.4) is 0 Å². The first-order chi connectivity index (χ1) is 14.5. The van der Waals surface area contributed by atoms with Gasteiger partial charge in [-0.2, -0.15) is 0 Å². The number of aliphatic carboxylic acids is 1. The number of carboxylic acid groups (broad SMARTS) is 1. The van der Waals surface area contributed by atoms with Crippen molar-refractivity contribution in [2.45, 2.75) is 16.6 Å². The lowest BCUT2D eigenvalue weighted by Gasteiger charge is -2.49. The number of aryl methyl sites for hydroxylation is 1. The number of nitrogens with zero attached hydrogens (tertiary/aromatic N) is 5. The maximum atomic E-state index is 12.7. The second-order valence-corrected chi connectivity index (χ2v) is 9.41. The van der Waals surface area contributed by atoms with Crippen molar-refractivity contribution in [1.82, 2.24) is 30.4 Å². The molecule has 2 amide bonds. The van der Waals surface area contributed by atoms with Crippen LogP contribution in [0.2, 0.25) is 0 Å². The van der Waals surface area contributed by atoms with Crippen molar-refractivity contribution in [2.24, 2.45) is 7.05 Å². The average molecular weight is 468 g/mol. The number of hydrogen-bond acceptors (Lipinski definition) is 10. The van der Waals surface area contributed by atoms with Crippen molar-refractivity contribution in [2.75, 3.05) is 23.4 Å². The summed E-state index contributed by atoms with van der Waals surface area (Å²) in [6, 6.07) is 2.98. The van der Waals surface area contributed by atoms with Crippen LogP contribution in [0, 0.1) is 0 Å². The van der Waals surface area contributed by atoms with Gasteiger partial charge in [0.1, 0.15) is 17.1 Å². The molecule has 2 aliphatic heterocycles. The zero-order chi connectivity index (χ0) is 21.3. The number of anilines is 1. The highest BCUT2D eigenvalue weighted by Crippen LogP contribution is 2.41. The van der Waals surface area contributed by atoms with Crippen molar-refractivity contribution in [1.29, 1.82) is 0 Å². The van der Waals surface area contributed by atoms with Gasteiger partial charge in [-0.05, 0) is 33.5 Å². The van der Waals surface area contributed by atoms with Crippen molar-refractivity contribution < 1.29 is 19.5 Å². The molecule has 2 atom stereocenters. The first-order valence-electron chi connectivity index (χ1n) is 8.77. The van der Waals surface area contributed by atoms with Gasteiger partial charge in [-0.1, -0.05) is 11.8 Å². The van der Waals surface area contributed by atoms with Gasteiger partial charge in [0.2, 0.25) is 11.1 Å². The van der Waals surface area contributed by atoms with E-state index in [1.165, 1.54) is 44.4 Å². The Morgan fingerprint density at radius 1 is 1.43 bits per heavy atom. The number of hydrogen-bond donors (Lipinski definition) is 3. The quantitative estimate of drug-likeness (QED) is 0.364. The van der Waals surface area contributed by atoms with E-state index in [4.69, 9.17) is 0 Å². The van der Waals surface area contributed by atoms with Crippen LogP contribution < -0.4 is 10.6 Å². The summed E-state index contributed by atoms with van der Waals surface area (Å²) in [5, 5.41) is 29.4. The van der Waals surface area contributed by atoms with Crippen LogP contribution in [0.4, 0.5) is 5.00 Å². The molecule has 1 saturated heterocycles. The Morgan fingerprint density at radius 3 is 2.93 bits per heavy atom. The fourth-order valence-electron chi connectivity index (χ4n) is 3.06. The van der Waals surface area contributed by atoms with Crippen LogP contribution in [0.15, 0.2) is 33.9 Å². The molecule has 2 aromatic heterocycles. The fourth-order valence-corrected chi connectivity index (χ4v) is 6.01. The van der Waals surface area contributed by atoms with Crippen molar-refractivity contribution >= 4 is 57.6 Å². The Balaban J connectivity index is 1.40. The lowest BCUT2D eigenvalue weighted by molar-refractivity contribution is -0.150. The van der Waals surface area contributed by atoms with Crippen LogP contribution in [0.25, 0.3) is 0 Å². The first-order valence-corrected chi connectivity index (χ1v) is 11.7. The van der Waals surface area contributed by atoms with Gasteiger partial charge in [-0.15, -0.1) is 28.2 Å². The molecule has 4 heterocycles. The summed E-state index contributed by atoms with van der Waals surface area (Å²) < 4.78 is 1.50. The standard InChI is InChI=1S/C16H17N7O4S3/c1-22-16(19-20-21-22)30-7-8-6-29-14-11(13(25)23(14)12(8)15(26)27)18-9(24)5-17-10-3-2-4-28-10/h2-4,11,14,17H,5-7H2,1H3,(H,18,24)(H,26,27)/t11?,14-/m1/s1. The second-order valence-electron chi connectivity index (χ2n) is 6.42. The molecule has 1 unspecified atom stereocenters. The van der Waals surface area contributed by atoms with Gasteiger partial charge in [-0.3, -0.25) is 14.5 Å². The van der Waals surface area contributed by atoms with E-state index in [2.05, 4.69) is 26.2 Å². The van der Waals surface area contributed by atoms with Crippen LogP contribution in [-0.4, -0.2) is 77.5 Å². The normalized spacial score (nSPS) is 20.6. The maximum Gasteiger partial charge on any atom is 0.352 e. The minimum atomic E-state index is -1.16. The summed E-state index contributed by atoms with van der Waals surface area (Å²) in [7, 11) is 1.69. The van der Waals surface area contributed by atoms with Gasteiger partial charge in [-0.25, -0.2) is 9.48 Å². The maximum absolute atomic E-state index is 12.7. The molecule has 1 fully saturated rings. The van der Waals surface area contributed by atoms with Crippen molar-refractivity contribution in [3.8, 4) is 0 Å². The highest BCUT2D eigenvalue weighted by Gasteiger charge is 2.54. The average Bonchev–Trinajstić information content (AvgIpc) is 3.39. The lowest BCUT2D eigenvalue weighted by Crippen LogP contribution is -2.71. The van der Waals surface area contributed by atoms with Crippen molar-refractivity contribution in [3.63, 3.8) is 0 Å². The van der Waals surface area contributed by atoms with E-state index in [1.807, 2.05) is 17.5 Å². The minimum absolute atomic E-state index is 0.0198. The fraction of sp³-hybridized carbons (Fsp3) is 0.375. The first kappa shape index (κ1) is 20.7. The van der Waals surface area contributed by atoms with Gasteiger partial charge in [0.05, 0.1) is 11.5 Å². The molecule has 0 aliphatic carbocycles. The molecule has 4 rings (SSSR count). The number of nitrogens with one attached hydrogen (secondary N) is 2. The Hall–Kier alpha value is -2.58. The third kappa shape index (κ3) is 4.02. The van der Waals surface area contributed by atoms with E-state index in [9.17, 15) is 19.5 Å². The summed E-state index contributed by atoms with van der Waals surface area (Å²) in [6.07, 6.45) is 0. The van der Waals surface area contributed by atoms with E-state index < -0.39 is 23.3 Å². The zero-order valence-electron chi connectivity index (χ0n) is 15.6. The predicted molar refractivity (Wildman–Crippen MR) is 112 cm³/mol. The Bertz CT molecular complexity index is 1010. The van der Waals surface area contributed by atoms with Gasteiger partial charge >= 0.3 is 5.97 Å². The molecule has 0 spiro atoms. The van der Waals surface area contributed by atoms with E-state index in [0.717, 1.165) is 5.00 Å². The molecular weight excluding hydrogens is 450 g/mol. The Labute approximate surface area is 183 Å². The molecule has 0 radical (unpaired) electrons. The molecule has 0 aromatic carbocycles. The number of rotatable bonds is 8. The molecule has 3 N–H and O–H groups in total. The van der Waals surface area contributed by atoms with Crippen LogP contribution in [0.1, 0.15) is 0 Å². The Kier molecular flexibility index (Phi) is 5.97. The van der Waals surface area contributed by atoms with Crippen LogP contribution in [0.5, 0.6) is 0 Å². The molecule has 30 heavy (non-hydrogen) atoms. The monoisotopic (exact) mass is 467 g/mol. The second kappa shape index (κ2) is 8.65. The zero-order valence-corrected chi connectivity index (χ0v) is 18.1. The smallest absolute Gasteiger partial charge is 0.352 e. The SMILES string of the molecule is Cn1nnnc1SCC1=C(C(=O)O)N2C(=O)C(NC(=O)CNc3cccs3)[C@H]2SC1. The Morgan fingerprint density at radius 2 is 2.27 bits per heavy atom. The topological polar surface area (TPSA) is 142 Å². The summed E-state index contributed by atoms with van der Waals surface area (Å²) >= 11 is 4.21. The largest absolute Gasteiger partial charge is 0.477 e. The summed E-state index contributed by atoms with van der Waals surface area (Å²) in [5.41, 5.74) is 0.600. The number of β-lactam (4-membered cyclic amide) rings is 1. The van der Waals surface area contributed by atoms with Gasteiger partial charge in [0, 0.05) is 18.6 Å². The summed E-state index contributed by atoms with van der Waals surface area (Å²) in [4.78, 5) is 38.0. The summed E-state index contributed by atoms with van der Waals surface area (Å²) in [6.45, 7) is 0.0386. The van der Waals surface area contributed by atoms with E-state index >= 15 is 0 Å². The minimum Gasteiger partial charge on any atom is -0.477 e. The number of fused-ring (bicyclic) bond motifs is 1. The number of carbonyl (C=O) groups is 3. The molecule has 0 saturated carbocycles. The number of carbonyl (C=O) groups excluding carboxylic acids is 2. The third-order valence-corrected chi connectivity index (χ3v) is 7.73. The van der Waals surface area contributed by atoms with E-state index in [-0.39, 0.29) is 18.1 Å². The van der Waals surface area contributed by atoms with Crippen LogP contribution in [-0.2, 0) is 21.4 Å². The van der Waals surface area contributed by atoms with Gasteiger partial charge < -0.3 is 15.7 Å². The highest BCUT2D eigenvalue weighted by molar-refractivity contribution is 8.01. The molecule has 14 heteroatoms. The molecular formula is C16H17N7O4S3. The number of aromatic nitrogens is 4. The predicted octanol–water partition coefficient (Wildman–Crippen LogP) is 0.214. The lowest BCUT2D eigenvalue weighted by atomic mass is 10.0. The van der Waals surface area contributed by atoms with E-state index in [1.54, 1.807) is 7.05 Å². The van der Waals surface area contributed by atoms with Gasteiger partial charge in [0.15, 0.2) is 0 Å². The van der Waals surface area contributed by atoms with E-state index in [0.29, 0.717) is 22.2 Å². The molecule has 158 valence electrons. The molecule has 0 bridgehead atoms. The van der Waals surface area contributed by atoms with Crippen molar-refractivity contribution in [3.05, 3.63) is 28.8 Å². The number of thiophene rings is 1. The number of amides is 2. The highest BCUT2D eigenvalue weighted by atomic mass is 32.2. The summed E-state index contributed by atoms with van der Waals surface area (Å²) in [5.74, 6) is -1.12. The van der Waals surface area contributed by atoms with Crippen LogP contribution >= 0.6 is 34.9 Å². The third-order valence-electron chi connectivity index (χ3n) is 4.47. The van der Waals surface area contributed by atoms with Gasteiger partial charge in [0.25, 0.3) is 5.91 Å². The molecule has 2 aromatic rings.